The van der Waals surface area contributed by atoms with Gasteiger partial charge in [0.25, 0.3) is 0 Å². The molecule has 32 heavy (non-hydrogen) atoms. The van der Waals surface area contributed by atoms with Crippen LogP contribution in [0.25, 0.3) is 22.0 Å². The van der Waals surface area contributed by atoms with Crippen LogP contribution in [0.15, 0.2) is 36.5 Å². The van der Waals surface area contributed by atoms with Gasteiger partial charge in [-0.3, -0.25) is 4.90 Å². The Kier molecular flexibility index (Phi) is 4.22. The van der Waals surface area contributed by atoms with Crippen LogP contribution < -0.4 is 23.5 Å². The van der Waals surface area contributed by atoms with E-state index in [1.54, 1.807) is 0 Å². The summed E-state index contributed by atoms with van der Waals surface area (Å²) in [6.07, 6.45) is 7.12. The van der Waals surface area contributed by atoms with Crippen molar-refractivity contribution in [1.82, 2.24) is 4.90 Å². The third kappa shape index (κ3) is 3.00. The highest BCUT2D eigenvalue weighted by Crippen LogP contribution is 2.41. The van der Waals surface area contributed by atoms with Crippen molar-refractivity contribution in [3.8, 4) is 34.3 Å². The summed E-state index contributed by atoms with van der Waals surface area (Å²) in [5, 5.41) is 2.34. The predicted octanol–water partition coefficient (Wildman–Crippen LogP) is 3.70. The van der Waals surface area contributed by atoms with Crippen molar-refractivity contribution in [2.75, 3.05) is 33.1 Å². The summed E-state index contributed by atoms with van der Waals surface area (Å²) in [5.74, 6) is 3.40. The van der Waals surface area contributed by atoms with Crippen LogP contribution in [0.4, 0.5) is 0 Å². The maximum Gasteiger partial charge on any atom is 0.231 e. The van der Waals surface area contributed by atoms with Gasteiger partial charge in [0.05, 0.1) is 11.6 Å². The van der Waals surface area contributed by atoms with Crippen molar-refractivity contribution >= 4 is 10.8 Å². The molecule has 1 fully saturated rings. The average Bonchev–Trinajstić information content (AvgIpc) is 3.19. The molecule has 1 unspecified atom stereocenters. The third-order valence-corrected chi connectivity index (χ3v) is 7.31. The number of piperidine rings is 1. The molecular formula is C26H27N2O4+. The monoisotopic (exact) mass is 431 g/mol. The van der Waals surface area contributed by atoms with E-state index in [-0.39, 0.29) is 0 Å². The average molecular weight is 432 g/mol. The molecule has 164 valence electrons. The van der Waals surface area contributed by atoms with E-state index in [0.717, 1.165) is 49.1 Å². The summed E-state index contributed by atoms with van der Waals surface area (Å²) in [7, 11) is 0. The SMILES string of the molecule is c1c2c(cc3c1OCO3)-c1cc3cc4c(cc3c[n+]1CC2)OCC(N1CCCCC1)CO4. The maximum absolute atomic E-state index is 6.29. The smallest absolute Gasteiger partial charge is 0.231 e. The highest BCUT2D eigenvalue weighted by molar-refractivity contribution is 5.88. The molecule has 1 atom stereocenters. The fourth-order valence-electron chi connectivity index (χ4n) is 5.52. The number of pyridine rings is 1. The van der Waals surface area contributed by atoms with Crippen molar-refractivity contribution in [1.29, 1.82) is 0 Å². The van der Waals surface area contributed by atoms with Gasteiger partial charge < -0.3 is 18.9 Å². The number of aryl methyl sites for hydroxylation is 2. The predicted molar refractivity (Wildman–Crippen MR) is 120 cm³/mol. The molecule has 0 spiro atoms. The first-order valence-corrected chi connectivity index (χ1v) is 11.8. The lowest BCUT2D eigenvalue weighted by Crippen LogP contribution is -2.45. The van der Waals surface area contributed by atoms with Gasteiger partial charge in [-0.25, -0.2) is 0 Å². The molecule has 3 aromatic rings. The van der Waals surface area contributed by atoms with E-state index in [4.69, 9.17) is 18.9 Å². The molecule has 6 heteroatoms. The molecular weight excluding hydrogens is 404 g/mol. The van der Waals surface area contributed by atoms with Gasteiger partial charge in [0.2, 0.25) is 12.5 Å². The van der Waals surface area contributed by atoms with Gasteiger partial charge >= 0.3 is 0 Å². The molecule has 4 aliphatic heterocycles. The van der Waals surface area contributed by atoms with E-state index in [2.05, 4.69) is 46.0 Å². The molecule has 0 saturated carbocycles. The second kappa shape index (κ2) is 7.27. The Morgan fingerprint density at radius 3 is 2.28 bits per heavy atom. The van der Waals surface area contributed by atoms with Crippen molar-refractivity contribution in [2.45, 2.75) is 38.3 Å². The van der Waals surface area contributed by atoms with Crippen LogP contribution >= 0.6 is 0 Å². The zero-order valence-electron chi connectivity index (χ0n) is 18.1. The minimum atomic E-state index is 0.303. The highest BCUT2D eigenvalue weighted by atomic mass is 16.7. The lowest BCUT2D eigenvalue weighted by molar-refractivity contribution is -0.686. The quantitative estimate of drug-likeness (QED) is 0.550. The number of fused-ring (bicyclic) bond motifs is 6. The molecule has 6 nitrogen and oxygen atoms in total. The van der Waals surface area contributed by atoms with Crippen LogP contribution in [-0.4, -0.2) is 44.0 Å². The second-order valence-corrected chi connectivity index (χ2v) is 9.27. The molecule has 0 radical (unpaired) electrons. The van der Waals surface area contributed by atoms with Gasteiger partial charge in [0.1, 0.15) is 13.2 Å². The molecule has 0 amide bonds. The lowest BCUT2D eigenvalue weighted by Gasteiger charge is -2.32. The number of hydrogen-bond donors (Lipinski definition) is 0. The number of ether oxygens (including phenoxy) is 4. The van der Waals surface area contributed by atoms with E-state index in [9.17, 15) is 0 Å². The first-order valence-electron chi connectivity index (χ1n) is 11.8. The Hall–Kier alpha value is -2.99. The minimum absolute atomic E-state index is 0.303. The minimum Gasteiger partial charge on any atom is -0.488 e. The molecule has 2 aromatic carbocycles. The number of likely N-dealkylation sites (tertiary alicyclic amines) is 1. The first kappa shape index (κ1) is 18.6. The number of nitrogens with zero attached hydrogens (tertiary/aromatic N) is 2. The third-order valence-electron chi connectivity index (χ3n) is 7.31. The van der Waals surface area contributed by atoms with E-state index >= 15 is 0 Å². The molecule has 0 N–H and O–H groups in total. The number of rotatable bonds is 1. The van der Waals surface area contributed by atoms with Crippen LogP contribution in [0.3, 0.4) is 0 Å². The van der Waals surface area contributed by atoms with Gasteiger partial charge in [-0.15, -0.1) is 0 Å². The molecule has 1 saturated heterocycles. The summed E-state index contributed by atoms with van der Waals surface area (Å²) >= 11 is 0. The Balaban J connectivity index is 1.25. The summed E-state index contributed by atoms with van der Waals surface area (Å²) in [5.41, 5.74) is 3.74. The van der Waals surface area contributed by atoms with Crippen LogP contribution in [0, 0.1) is 0 Å². The van der Waals surface area contributed by atoms with Crippen molar-refractivity contribution in [3.05, 3.63) is 42.1 Å². The normalized spacial score (nSPS) is 21.7. The Morgan fingerprint density at radius 2 is 1.47 bits per heavy atom. The Labute approximate surface area is 187 Å². The second-order valence-electron chi connectivity index (χ2n) is 9.27. The fraction of sp³-hybridized carbons (Fsp3) is 0.423. The highest BCUT2D eigenvalue weighted by Gasteiger charge is 2.29. The van der Waals surface area contributed by atoms with Gasteiger partial charge in [0.15, 0.2) is 35.7 Å². The maximum atomic E-state index is 6.29. The Bertz CT molecular complexity index is 1220. The van der Waals surface area contributed by atoms with Crippen LogP contribution in [0.2, 0.25) is 0 Å². The van der Waals surface area contributed by atoms with Crippen molar-refractivity contribution < 1.29 is 23.5 Å². The number of aromatic nitrogens is 1. The molecule has 7 rings (SSSR count). The van der Waals surface area contributed by atoms with Gasteiger partial charge in [-0.05, 0) is 61.1 Å². The van der Waals surface area contributed by atoms with E-state index in [1.165, 1.54) is 46.9 Å². The van der Waals surface area contributed by atoms with Gasteiger partial charge in [0, 0.05) is 17.9 Å². The Morgan fingerprint density at radius 1 is 0.750 bits per heavy atom. The molecule has 0 bridgehead atoms. The molecule has 4 aliphatic rings. The largest absolute Gasteiger partial charge is 0.488 e. The summed E-state index contributed by atoms with van der Waals surface area (Å²) in [6, 6.07) is 11.1. The number of benzene rings is 2. The van der Waals surface area contributed by atoms with Gasteiger partial charge in [-0.1, -0.05) is 6.42 Å². The van der Waals surface area contributed by atoms with E-state index in [1.807, 2.05) is 0 Å². The van der Waals surface area contributed by atoms with Crippen LogP contribution in [0.1, 0.15) is 24.8 Å². The fourth-order valence-corrected chi connectivity index (χ4v) is 5.52. The number of hydrogen-bond acceptors (Lipinski definition) is 5. The summed E-state index contributed by atoms with van der Waals surface area (Å²) in [6.45, 7) is 4.93. The lowest BCUT2D eigenvalue weighted by atomic mass is 9.95. The standard InChI is InChI=1S/C26H27N2O4/c1-2-5-27(6-3-1)20-14-29-23-10-18-8-22-21-12-26-25(31-16-32-26)9-17(21)4-7-28(22)13-19(18)11-24(23)30-15-20/h8-13,20H,1-7,14-16H2/q+1. The molecule has 1 aromatic heterocycles. The topological polar surface area (TPSA) is 44.0 Å². The van der Waals surface area contributed by atoms with Crippen LogP contribution in [-0.2, 0) is 13.0 Å². The van der Waals surface area contributed by atoms with Crippen molar-refractivity contribution in [3.63, 3.8) is 0 Å². The summed E-state index contributed by atoms with van der Waals surface area (Å²) < 4.78 is 26.1. The van der Waals surface area contributed by atoms with Crippen LogP contribution in [0.5, 0.6) is 23.0 Å². The van der Waals surface area contributed by atoms with Gasteiger partial charge in [-0.2, -0.15) is 4.57 Å². The molecule has 0 aliphatic carbocycles. The van der Waals surface area contributed by atoms with Crippen molar-refractivity contribution in [2.24, 2.45) is 0 Å². The zero-order chi connectivity index (χ0) is 21.1. The summed E-state index contributed by atoms with van der Waals surface area (Å²) in [4.78, 5) is 2.53. The molecule has 5 heterocycles. The zero-order valence-corrected chi connectivity index (χ0v) is 18.1. The first-order chi connectivity index (χ1) is 15.8. The van der Waals surface area contributed by atoms with E-state index < -0.39 is 0 Å². The van der Waals surface area contributed by atoms with E-state index in [0.29, 0.717) is 26.0 Å².